The van der Waals surface area contributed by atoms with Gasteiger partial charge in [-0.15, -0.1) is 11.3 Å². The molecule has 0 saturated carbocycles. The fourth-order valence-electron chi connectivity index (χ4n) is 2.47. The summed E-state index contributed by atoms with van der Waals surface area (Å²) >= 11 is 7.32. The van der Waals surface area contributed by atoms with Crippen molar-refractivity contribution in [3.8, 4) is 10.6 Å². The molecule has 0 radical (unpaired) electrons. The first kappa shape index (κ1) is 16.4. The molecular formula is C15H15ClN2O3S2. The second-order valence-electron chi connectivity index (χ2n) is 5.50. The highest BCUT2D eigenvalue weighted by Crippen LogP contribution is 2.25. The van der Waals surface area contributed by atoms with E-state index in [9.17, 15) is 13.2 Å². The first-order valence-corrected chi connectivity index (χ1v) is 10.2. The minimum absolute atomic E-state index is 0.0336. The van der Waals surface area contributed by atoms with Gasteiger partial charge in [-0.2, -0.15) is 0 Å². The molecule has 3 rings (SSSR count). The summed E-state index contributed by atoms with van der Waals surface area (Å²) in [5.41, 5.74) is 1.63. The highest BCUT2D eigenvalue weighted by atomic mass is 35.5. The van der Waals surface area contributed by atoms with Gasteiger partial charge in [0.1, 0.15) is 5.01 Å². The fraction of sp³-hybridized carbons (Fsp3) is 0.333. The van der Waals surface area contributed by atoms with Crippen molar-refractivity contribution in [3.05, 3.63) is 40.4 Å². The maximum Gasteiger partial charge on any atom is 0.226 e. The van der Waals surface area contributed by atoms with Crippen LogP contribution in [0.1, 0.15) is 12.1 Å². The summed E-state index contributed by atoms with van der Waals surface area (Å²) in [5, 5.41) is 6.10. The van der Waals surface area contributed by atoms with Crippen LogP contribution in [0.4, 0.5) is 0 Å². The van der Waals surface area contributed by atoms with E-state index in [1.807, 2.05) is 17.5 Å². The van der Waals surface area contributed by atoms with Crippen molar-refractivity contribution in [1.29, 1.82) is 0 Å². The van der Waals surface area contributed by atoms with Crippen LogP contribution in [0.15, 0.2) is 29.6 Å². The molecule has 2 heterocycles. The van der Waals surface area contributed by atoms with Crippen LogP contribution < -0.4 is 5.32 Å². The number of sulfone groups is 1. The van der Waals surface area contributed by atoms with E-state index < -0.39 is 9.84 Å². The van der Waals surface area contributed by atoms with E-state index >= 15 is 0 Å². The van der Waals surface area contributed by atoms with Crippen LogP contribution >= 0.6 is 22.9 Å². The van der Waals surface area contributed by atoms with E-state index in [1.54, 1.807) is 12.1 Å². The number of aromatic nitrogens is 1. The van der Waals surface area contributed by atoms with Gasteiger partial charge in [0.15, 0.2) is 9.84 Å². The molecule has 0 spiro atoms. The second-order valence-corrected chi connectivity index (χ2v) is 9.02. The van der Waals surface area contributed by atoms with Gasteiger partial charge >= 0.3 is 0 Å². The first-order chi connectivity index (χ1) is 10.9. The van der Waals surface area contributed by atoms with Crippen LogP contribution in [0, 0.1) is 0 Å². The zero-order valence-electron chi connectivity index (χ0n) is 12.2. The van der Waals surface area contributed by atoms with Gasteiger partial charge in [0.05, 0.1) is 23.6 Å². The van der Waals surface area contributed by atoms with Crippen molar-refractivity contribution in [2.24, 2.45) is 0 Å². The van der Waals surface area contributed by atoms with Gasteiger partial charge in [0, 0.05) is 22.0 Å². The third-order valence-electron chi connectivity index (χ3n) is 3.58. The minimum atomic E-state index is -2.99. The van der Waals surface area contributed by atoms with E-state index in [0.717, 1.165) is 10.6 Å². The highest BCUT2D eigenvalue weighted by molar-refractivity contribution is 7.91. The number of hydrogen-bond acceptors (Lipinski definition) is 5. The third-order valence-corrected chi connectivity index (χ3v) is 6.54. The van der Waals surface area contributed by atoms with Gasteiger partial charge in [-0.05, 0) is 18.6 Å². The molecule has 0 bridgehead atoms. The van der Waals surface area contributed by atoms with E-state index in [-0.39, 0.29) is 29.9 Å². The zero-order valence-corrected chi connectivity index (χ0v) is 14.5. The number of carbonyl (C=O) groups is 1. The maximum atomic E-state index is 12.0. The first-order valence-electron chi connectivity index (χ1n) is 7.11. The molecule has 1 N–H and O–H groups in total. The zero-order chi connectivity index (χ0) is 16.4. The number of rotatable bonds is 4. The molecule has 23 heavy (non-hydrogen) atoms. The Morgan fingerprint density at radius 1 is 1.35 bits per heavy atom. The average molecular weight is 371 g/mol. The van der Waals surface area contributed by atoms with Crippen LogP contribution in [0.25, 0.3) is 10.6 Å². The highest BCUT2D eigenvalue weighted by Gasteiger charge is 2.28. The predicted octanol–water partition coefficient (Wildman–Crippen LogP) is 2.31. The molecule has 1 aromatic heterocycles. The van der Waals surface area contributed by atoms with E-state index in [2.05, 4.69) is 10.3 Å². The van der Waals surface area contributed by atoms with Crippen molar-refractivity contribution >= 4 is 38.7 Å². The van der Waals surface area contributed by atoms with Crippen molar-refractivity contribution in [3.63, 3.8) is 0 Å². The monoisotopic (exact) mass is 370 g/mol. The molecule has 1 amide bonds. The van der Waals surface area contributed by atoms with Gasteiger partial charge in [-0.25, -0.2) is 13.4 Å². The Labute approximate surface area is 143 Å². The Bertz CT molecular complexity index is 816. The Hall–Kier alpha value is -1.44. The molecule has 1 atom stereocenters. The lowest BCUT2D eigenvalue weighted by Gasteiger charge is -2.09. The molecular weight excluding hydrogens is 356 g/mol. The summed E-state index contributed by atoms with van der Waals surface area (Å²) < 4.78 is 22.8. The number of carbonyl (C=O) groups excluding carboxylic acids is 1. The van der Waals surface area contributed by atoms with E-state index in [1.165, 1.54) is 11.3 Å². The lowest BCUT2D eigenvalue weighted by molar-refractivity contribution is -0.121. The lowest BCUT2D eigenvalue weighted by Crippen LogP contribution is -2.36. The van der Waals surface area contributed by atoms with Crippen molar-refractivity contribution in [1.82, 2.24) is 10.3 Å². The van der Waals surface area contributed by atoms with Crippen molar-refractivity contribution < 1.29 is 13.2 Å². The summed E-state index contributed by atoms with van der Waals surface area (Å²) in [5.74, 6) is -0.0127. The molecule has 2 aromatic rings. The molecule has 0 aliphatic carbocycles. The van der Waals surface area contributed by atoms with Gasteiger partial charge in [0.2, 0.25) is 5.91 Å². The number of hydrogen-bond donors (Lipinski definition) is 1. The molecule has 1 aliphatic heterocycles. The van der Waals surface area contributed by atoms with Crippen LogP contribution in [0.5, 0.6) is 0 Å². The minimum Gasteiger partial charge on any atom is -0.352 e. The van der Waals surface area contributed by atoms with E-state index in [4.69, 9.17) is 11.6 Å². The molecule has 1 aromatic carbocycles. The topological polar surface area (TPSA) is 76.1 Å². The molecule has 0 unspecified atom stereocenters. The number of nitrogens with one attached hydrogen (secondary N) is 1. The van der Waals surface area contributed by atoms with Crippen molar-refractivity contribution in [2.45, 2.75) is 18.9 Å². The molecule has 122 valence electrons. The Morgan fingerprint density at radius 3 is 2.74 bits per heavy atom. The SMILES string of the molecule is O=C(Cc1csc(-c2ccc(Cl)cc2)n1)N[C@@H]1CCS(=O)(=O)C1. The Kier molecular flexibility index (Phi) is 4.70. The molecule has 5 nitrogen and oxygen atoms in total. The summed E-state index contributed by atoms with van der Waals surface area (Å²) in [6.45, 7) is 0. The van der Waals surface area contributed by atoms with Crippen molar-refractivity contribution in [2.75, 3.05) is 11.5 Å². The fourth-order valence-corrected chi connectivity index (χ4v) is 5.09. The Morgan fingerprint density at radius 2 is 2.09 bits per heavy atom. The van der Waals surface area contributed by atoms with Gasteiger partial charge < -0.3 is 5.32 Å². The number of thiazole rings is 1. The standard InChI is InChI=1S/C15H15ClN2O3S2/c16-11-3-1-10(2-4-11)15-18-13(8-22-15)7-14(19)17-12-5-6-23(20,21)9-12/h1-4,8,12H,5-7,9H2,(H,17,19)/t12-/m1/s1. The number of amides is 1. The number of benzene rings is 1. The predicted molar refractivity (Wildman–Crippen MR) is 91.5 cm³/mol. The third kappa shape index (κ3) is 4.31. The summed E-state index contributed by atoms with van der Waals surface area (Å²) in [4.78, 5) is 16.5. The summed E-state index contributed by atoms with van der Waals surface area (Å²) in [7, 11) is -2.99. The summed E-state index contributed by atoms with van der Waals surface area (Å²) in [6, 6.07) is 7.08. The largest absolute Gasteiger partial charge is 0.352 e. The van der Waals surface area contributed by atoms with Gasteiger partial charge in [0.25, 0.3) is 0 Å². The van der Waals surface area contributed by atoms with Crippen LogP contribution in [-0.2, 0) is 21.1 Å². The van der Waals surface area contributed by atoms with Gasteiger partial charge in [-0.3, -0.25) is 4.79 Å². The van der Waals surface area contributed by atoms with Crippen LogP contribution in [0.2, 0.25) is 5.02 Å². The molecule has 1 aliphatic rings. The maximum absolute atomic E-state index is 12.0. The number of nitrogens with zero attached hydrogens (tertiary/aromatic N) is 1. The number of halogens is 1. The summed E-state index contributed by atoms with van der Waals surface area (Å²) in [6.07, 6.45) is 0.641. The van der Waals surface area contributed by atoms with Crippen LogP contribution in [-0.4, -0.2) is 36.9 Å². The van der Waals surface area contributed by atoms with Gasteiger partial charge in [-0.1, -0.05) is 23.7 Å². The quantitative estimate of drug-likeness (QED) is 0.896. The Balaban J connectivity index is 1.60. The molecule has 1 fully saturated rings. The normalized spacial score (nSPS) is 19.6. The second kappa shape index (κ2) is 6.59. The van der Waals surface area contributed by atoms with Crippen LogP contribution in [0.3, 0.4) is 0 Å². The molecule has 8 heteroatoms. The smallest absolute Gasteiger partial charge is 0.226 e. The van der Waals surface area contributed by atoms with E-state index in [0.29, 0.717) is 17.1 Å². The lowest BCUT2D eigenvalue weighted by atomic mass is 10.2. The molecule has 1 saturated heterocycles. The average Bonchev–Trinajstić information content (AvgIpc) is 3.06.